The number of hydrogen-bond donors (Lipinski definition) is 3. The number of rotatable bonds is 11. The molecule has 59 heavy (non-hydrogen) atoms. The summed E-state index contributed by atoms with van der Waals surface area (Å²) in [4.78, 5) is 60.0. The van der Waals surface area contributed by atoms with E-state index in [2.05, 4.69) is 41.9 Å². The molecule has 0 spiro atoms. The first-order valence-corrected chi connectivity index (χ1v) is 21.2. The predicted octanol–water partition coefficient (Wildman–Crippen LogP) is 7.32. The molecule has 6 rings (SSSR count). The van der Waals surface area contributed by atoms with Crippen molar-refractivity contribution < 1.29 is 33.4 Å². The van der Waals surface area contributed by atoms with Gasteiger partial charge in [0.15, 0.2) is 0 Å². The molecule has 4 unspecified atom stereocenters. The highest BCUT2D eigenvalue weighted by Crippen LogP contribution is 2.31. The van der Waals surface area contributed by atoms with Crippen molar-refractivity contribution in [1.29, 1.82) is 5.26 Å². The van der Waals surface area contributed by atoms with Crippen molar-refractivity contribution in [3.63, 3.8) is 0 Å². The number of amides is 2. The second-order valence-corrected chi connectivity index (χ2v) is 16.2. The molecule has 318 valence electrons. The number of nitrogens with zero attached hydrogens (tertiary/aromatic N) is 2. The maximum atomic E-state index is 12.9. The highest BCUT2D eigenvalue weighted by atomic mass is 16.5. The molecule has 2 aromatic carbocycles. The molecule has 6 atom stereocenters. The van der Waals surface area contributed by atoms with Crippen molar-refractivity contribution in [3.05, 3.63) is 83.2 Å². The zero-order valence-corrected chi connectivity index (χ0v) is 35.7. The molecule has 3 aromatic rings. The number of benzene rings is 2. The summed E-state index contributed by atoms with van der Waals surface area (Å²) in [7, 11) is 1.87. The van der Waals surface area contributed by atoms with Gasteiger partial charge in [0.25, 0.3) is 5.91 Å². The summed E-state index contributed by atoms with van der Waals surface area (Å²) in [5.74, 6) is -0.0278. The Kier molecular flexibility index (Phi) is 18.2. The number of nitrogens with one attached hydrogen (secondary N) is 3. The minimum atomic E-state index is -0.476. The fourth-order valence-corrected chi connectivity index (χ4v) is 8.10. The molecule has 2 saturated carbocycles. The Bertz CT molecular complexity index is 1960. The molecule has 2 amide bonds. The number of carbonyl (C=O) groups excluding carboxylic acids is 5. The zero-order valence-electron chi connectivity index (χ0n) is 35.7. The predicted molar refractivity (Wildman–Crippen MR) is 227 cm³/mol. The van der Waals surface area contributed by atoms with Crippen LogP contribution in [0.5, 0.6) is 0 Å². The first kappa shape index (κ1) is 46.3. The number of ketones is 1. The quantitative estimate of drug-likeness (QED) is 0.102. The third-order valence-corrected chi connectivity index (χ3v) is 11.4. The van der Waals surface area contributed by atoms with E-state index in [0.29, 0.717) is 49.5 Å². The third kappa shape index (κ3) is 13.6. The topological polar surface area (TPSA) is 169 Å². The van der Waals surface area contributed by atoms with E-state index >= 15 is 0 Å². The van der Waals surface area contributed by atoms with E-state index in [1.807, 2.05) is 80.1 Å². The highest BCUT2D eigenvalue weighted by molar-refractivity contribution is 6.00. The van der Waals surface area contributed by atoms with E-state index in [9.17, 15) is 24.0 Å². The van der Waals surface area contributed by atoms with Gasteiger partial charge in [-0.1, -0.05) is 69.3 Å². The Morgan fingerprint density at radius 2 is 1.53 bits per heavy atom. The maximum Gasteiger partial charge on any atom is 0.335 e. The van der Waals surface area contributed by atoms with Crippen LogP contribution in [-0.4, -0.2) is 59.9 Å². The lowest BCUT2D eigenvalue weighted by atomic mass is 9.78. The number of para-hydroxylation sites is 1. The van der Waals surface area contributed by atoms with Gasteiger partial charge >= 0.3 is 11.9 Å². The number of Topliss-reactive ketones (excluding diaryl/α,β-unsaturated/α-hetero) is 1. The van der Waals surface area contributed by atoms with Gasteiger partial charge in [0.1, 0.15) is 23.9 Å². The first-order valence-electron chi connectivity index (χ1n) is 21.2. The van der Waals surface area contributed by atoms with Crippen LogP contribution in [-0.2, 0) is 42.2 Å². The average molecular weight is 810 g/mol. The van der Waals surface area contributed by atoms with Crippen molar-refractivity contribution in [2.75, 3.05) is 19.8 Å². The molecule has 1 heterocycles. The van der Waals surface area contributed by atoms with Crippen LogP contribution in [0.4, 0.5) is 0 Å². The molecule has 3 aliphatic carbocycles. The lowest BCUT2D eigenvalue weighted by Crippen LogP contribution is -2.50. The normalized spacial score (nSPS) is 22.6. The zero-order chi connectivity index (χ0) is 42.9. The van der Waals surface area contributed by atoms with Crippen LogP contribution in [0.2, 0.25) is 0 Å². The summed E-state index contributed by atoms with van der Waals surface area (Å²) in [5.41, 5.74) is 4.70. The summed E-state index contributed by atoms with van der Waals surface area (Å²) >= 11 is 0. The van der Waals surface area contributed by atoms with Gasteiger partial charge in [0.2, 0.25) is 5.91 Å². The van der Waals surface area contributed by atoms with Crippen LogP contribution in [0, 0.1) is 40.9 Å². The lowest BCUT2D eigenvalue weighted by Gasteiger charge is -2.34. The largest absolute Gasteiger partial charge is 0.465 e. The number of hydrogen-bond acceptors (Lipinski definition) is 9. The maximum absolute atomic E-state index is 12.9. The van der Waals surface area contributed by atoms with Crippen LogP contribution in [0.3, 0.4) is 0 Å². The van der Waals surface area contributed by atoms with E-state index in [4.69, 9.17) is 14.7 Å². The summed E-state index contributed by atoms with van der Waals surface area (Å²) in [6, 6.07) is 21.7. The molecule has 3 N–H and O–H groups in total. The summed E-state index contributed by atoms with van der Waals surface area (Å²) in [5, 5.41) is 18.8. The van der Waals surface area contributed by atoms with Crippen molar-refractivity contribution >= 4 is 40.4 Å². The SMILES string of the molecule is CC1CC[C@@H](C(=O)NCC#N)[C@@H](NC(=O)c2cc3ccccc3n2C)C1.CCOC(=O)C1=C(NCc2ccccc2)CC(C)CC1.CCOC(=O)C1CCC(C)CC1=O. The summed E-state index contributed by atoms with van der Waals surface area (Å²) in [6.07, 6.45) is 7.39. The van der Waals surface area contributed by atoms with E-state index < -0.39 is 5.92 Å². The molecule has 0 radical (unpaired) electrons. The van der Waals surface area contributed by atoms with Gasteiger partial charge in [0, 0.05) is 42.7 Å². The van der Waals surface area contributed by atoms with Crippen molar-refractivity contribution in [1.82, 2.24) is 20.5 Å². The fraction of sp³-hybridized carbons (Fsp3) is 0.532. The Labute approximate surface area is 349 Å². The number of allylic oxidation sites excluding steroid dienone is 1. The van der Waals surface area contributed by atoms with Crippen molar-refractivity contribution in [2.24, 2.45) is 36.6 Å². The first-order chi connectivity index (χ1) is 28.4. The molecule has 0 aliphatic heterocycles. The molecular weight excluding hydrogens is 747 g/mol. The van der Waals surface area contributed by atoms with Gasteiger partial charge in [-0.15, -0.1) is 0 Å². The fourth-order valence-electron chi connectivity index (χ4n) is 8.10. The van der Waals surface area contributed by atoms with Gasteiger partial charge in [-0.2, -0.15) is 5.26 Å². The molecule has 0 saturated heterocycles. The van der Waals surface area contributed by atoms with Gasteiger partial charge < -0.3 is 30.0 Å². The average Bonchev–Trinajstić information content (AvgIpc) is 3.56. The van der Waals surface area contributed by atoms with E-state index in [0.717, 1.165) is 73.7 Å². The molecular formula is C47H63N5O7. The minimum Gasteiger partial charge on any atom is -0.465 e. The van der Waals surface area contributed by atoms with Gasteiger partial charge in [-0.3, -0.25) is 19.2 Å². The molecule has 12 nitrogen and oxygen atoms in total. The molecule has 12 heteroatoms. The van der Waals surface area contributed by atoms with Crippen LogP contribution in [0.1, 0.15) is 108 Å². The number of ether oxygens (including phenoxy) is 2. The Morgan fingerprint density at radius 3 is 2.20 bits per heavy atom. The van der Waals surface area contributed by atoms with Crippen LogP contribution < -0.4 is 16.0 Å². The summed E-state index contributed by atoms with van der Waals surface area (Å²) in [6.45, 7) is 11.6. The Morgan fingerprint density at radius 1 is 0.847 bits per heavy atom. The number of aryl methyl sites for hydroxylation is 1. The van der Waals surface area contributed by atoms with Crippen LogP contribution in [0.25, 0.3) is 10.9 Å². The number of nitriles is 1. The lowest BCUT2D eigenvalue weighted by molar-refractivity contribution is -0.153. The van der Waals surface area contributed by atoms with Crippen LogP contribution in [0.15, 0.2) is 71.9 Å². The third-order valence-electron chi connectivity index (χ3n) is 11.4. The monoisotopic (exact) mass is 809 g/mol. The van der Waals surface area contributed by atoms with Crippen molar-refractivity contribution in [3.8, 4) is 6.07 Å². The molecule has 1 aromatic heterocycles. The summed E-state index contributed by atoms with van der Waals surface area (Å²) < 4.78 is 11.9. The Balaban J connectivity index is 0.000000207. The Hall–Kier alpha value is -5.44. The van der Waals surface area contributed by atoms with Gasteiger partial charge in [-0.25, -0.2) is 4.79 Å². The number of carbonyl (C=O) groups is 5. The van der Waals surface area contributed by atoms with Gasteiger partial charge in [-0.05, 0) is 101 Å². The second kappa shape index (κ2) is 23.2. The van der Waals surface area contributed by atoms with Crippen LogP contribution >= 0.6 is 0 Å². The standard InChI is InChI=1S/C20H24N4O2.C17H23NO2.C10H16O3/c1-13-7-8-15(19(25)22-10-9-21)16(11-13)23-20(26)18-12-14-5-3-4-6-17(14)24(18)2;1-3-20-17(19)15-10-9-13(2)11-16(15)18-12-14-7-5-4-6-8-14;1-3-13-10(12)8-5-4-7(2)6-9(8)11/h3-6,12-13,15-16H,7-8,10-11H2,1-2H3,(H,22,25)(H,23,26);4-8,13,18H,3,9-12H2,1-2H3;7-8H,3-6H2,1-2H3/t13?,15-,16+;;/m1../s1. The second-order valence-electron chi connectivity index (χ2n) is 16.2. The molecule has 2 fully saturated rings. The molecule has 0 bridgehead atoms. The highest BCUT2D eigenvalue weighted by Gasteiger charge is 2.35. The van der Waals surface area contributed by atoms with Crippen molar-refractivity contribution in [2.45, 2.75) is 105 Å². The van der Waals surface area contributed by atoms with E-state index in [1.54, 1.807) is 6.92 Å². The number of fused-ring (bicyclic) bond motifs is 1. The minimum absolute atomic E-state index is 0.00521. The van der Waals surface area contributed by atoms with E-state index in [1.165, 1.54) is 5.56 Å². The smallest absolute Gasteiger partial charge is 0.335 e. The van der Waals surface area contributed by atoms with E-state index in [-0.39, 0.29) is 48.0 Å². The molecule has 3 aliphatic rings. The van der Waals surface area contributed by atoms with Gasteiger partial charge in [0.05, 0.1) is 30.8 Å². The number of esters is 2. The number of aromatic nitrogens is 1.